The molecule has 2 aromatic rings. The zero-order valence-corrected chi connectivity index (χ0v) is 12.5. The van der Waals surface area contributed by atoms with Crippen molar-refractivity contribution in [3.8, 4) is 0 Å². The number of amides is 1. The molecule has 0 aliphatic heterocycles. The Balaban J connectivity index is 1.92. The average molecular weight is 283 g/mol. The van der Waals surface area contributed by atoms with Gasteiger partial charge in [0.25, 0.3) is 0 Å². The fourth-order valence-electron chi connectivity index (χ4n) is 2.18. The number of carbonyl (C=O) groups excluding carboxylic acids is 1. The molecule has 0 saturated carbocycles. The molecule has 0 aliphatic carbocycles. The van der Waals surface area contributed by atoms with E-state index in [2.05, 4.69) is 11.9 Å². The highest BCUT2D eigenvalue weighted by Gasteiger charge is 2.15. The minimum atomic E-state index is 0.116. The molecule has 0 bridgehead atoms. The summed E-state index contributed by atoms with van der Waals surface area (Å²) in [6, 6.07) is 13.4. The minimum Gasteiger partial charge on any atom is -0.399 e. The number of anilines is 1. The Bertz CT molecular complexity index is 581. The van der Waals surface area contributed by atoms with E-state index in [4.69, 9.17) is 5.73 Å². The summed E-state index contributed by atoms with van der Waals surface area (Å²) in [6.45, 7) is 2.59. The van der Waals surface area contributed by atoms with Gasteiger partial charge in [0, 0.05) is 25.4 Å². The van der Waals surface area contributed by atoms with E-state index in [9.17, 15) is 4.79 Å². The molecule has 4 heteroatoms. The van der Waals surface area contributed by atoms with Crippen LogP contribution in [0.4, 0.5) is 5.69 Å². The summed E-state index contributed by atoms with van der Waals surface area (Å²) in [5, 5.41) is 0. The maximum absolute atomic E-state index is 12.3. The minimum absolute atomic E-state index is 0.116. The number of carbonyl (C=O) groups is 1. The van der Waals surface area contributed by atoms with Gasteiger partial charge in [0.05, 0.1) is 12.2 Å². The van der Waals surface area contributed by atoms with Crippen molar-refractivity contribution in [1.29, 1.82) is 0 Å². The average Bonchev–Trinajstić information content (AvgIpc) is 2.48. The topological polar surface area (TPSA) is 59.2 Å². The Morgan fingerprint density at radius 2 is 1.95 bits per heavy atom. The zero-order chi connectivity index (χ0) is 15.2. The third-order valence-electron chi connectivity index (χ3n) is 3.54. The van der Waals surface area contributed by atoms with E-state index < -0.39 is 0 Å². The van der Waals surface area contributed by atoms with E-state index in [0.717, 1.165) is 16.9 Å². The van der Waals surface area contributed by atoms with E-state index in [-0.39, 0.29) is 11.8 Å². The van der Waals surface area contributed by atoms with Crippen LogP contribution in [0.2, 0.25) is 0 Å². The van der Waals surface area contributed by atoms with Gasteiger partial charge >= 0.3 is 0 Å². The Labute approximate surface area is 125 Å². The molecule has 0 saturated heterocycles. The molecule has 0 fully saturated rings. The molecule has 1 heterocycles. The number of hydrogen-bond donors (Lipinski definition) is 1. The molecule has 0 spiro atoms. The van der Waals surface area contributed by atoms with Crippen LogP contribution in [0.25, 0.3) is 0 Å². The molecule has 1 amide bonds. The van der Waals surface area contributed by atoms with E-state index in [0.29, 0.717) is 13.0 Å². The summed E-state index contributed by atoms with van der Waals surface area (Å²) >= 11 is 0. The summed E-state index contributed by atoms with van der Waals surface area (Å²) in [5.41, 5.74) is 8.45. The first-order chi connectivity index (χ1) is 10.1. The number of pyridine rings is 1. The van der Waals surface area contributed by atoms with Gasteiger partial charge in [0.1, 0.15) is 0 Å². The van der Waals surface area contributed by atoms with Crippen LogP contribution in [0.3, 0.4) is 0 Å². The van der Waals surface area contributed by atoms with Gasteiger partial charge in [-0.25, -0.2) is 0 Å². The first-order valence-corrected chi connectivity index (χ1v) is 7.05. The summed E-state index contributed by atoms with van der Waals surface area (Å²) in [6.07, 6.45) is 2.22. The number of hydrogen-bond acceptors (Lipinski definition) is 3. The van der Waals surface area contributed by atoms with Gasteiger partial charge in [-0.05, 0) is 35.7 Å². The van der Waals surface area contributed by atoms with Crippen molar-refractivity contribution in [1.82, 2.24) is 9.88 Å². The quantitative estimate of drug-likeness (QED) is 0.858. The molecule has 1 unspecified atom stereocenters. The first kappa shape index (κ1) is 15.0. The number of nitrogens with two attached hydrogens (primary N) is 1. The fourth-order valence-corrected chi connectivity index (χ4v) is 2.18. The molecule has 1 aromatic heterocycles. The lowest BCUT2D eigenvalue weighted by Gasteiger charge is -2.19. The van der Waals surface area contributed by atoms with Gasteiger partial charge in [0.2, 0.25) is 5.91 Å². The SMILES string of the molecule is CC(CC(=O)N(C)Cc1ccccn1)c1ccc(N)cc1. The van der Waals surface area contributed by atoms with Crippen LogP contribution >= 0.6 is 0 Å². The molecule has 2 N–H and O–H groups in total. The monoisotopic (exact) mass is 283 g/mol. The normalized spacial score (nSPS) is 11.9. The summed E-state index contributed by atoms with van der Waals surface area (Å²) in [4.78, 5) is 18.2. The predicted octanol–water partition coefficient (Wildman–Crippen LogP) is 2.82. The number of rotatable bonds is 5. The van der Waals surface area contributed by atoms with Crippen molar-refractivity contribution in [2.75, 3.05) is 12.8 Å². The molecule has 110 valence electrons. The van der Waals surface area contributed by atoms with Crippen molar-refractivity contribution in [3.63, 3.8) is 0 Å². The standard InChI is InChI=1S/C17H21N3O/c1-13(14-6-8-15(18)9-7-14)11-17(21)20(2)12-16-5-3-4-10-19-16/h3-10,13H,11-12,18H2,1-2H3. The van der Waals surface area contributed by atoms with E-state index in [1.807, 2.05) is 49.5 Å². The van der Waals surface area contributed by atoms with Crippen LogP contribution in [0, 0.1) is 0 Å². The molecule has 1 aromatic carbocycles. The molecule has 0 aliphatic rings. The highest BCUT2D eigenvalue weighted by Crippen LogP contribution is 2.21. The number of aromatic nitrogens is 1. The zero-order valence-electron chi connectivity index (χ0n) is 12.5. The Kier molecular flexibility index (Phi) is 4.93. The van der Waals surface area contributed by atoms with Crippen LogP contribution < -0.4 is 5.73 Å². The molecule has 21 heavy (non-hydrogen) atoms. The number of benzene rings is 1. The van der Waals surface area contributed by atoms with Gasteiger partial charge < -0.3 is 10.6 Å². The molecular weight excluding hydrogens is 262 g/mol. The highest BCUT2D eigenvalue weighted by atomic mass is 16.2. The van der Waals surface area contributed by atoms with Crippen molar-refractivity contribution in [3.05, 3.63) is 59.9 Å². The van der Waals surface area contributed by atoms with Crippen LogP contribution in [0.1, 0.15) is 30.5 Å². The molecule has 2 rings (SSSR count). The van der Waals surface area contributed by atoms with Crippen molar-refractivity contribution < 1.29 is 4.79 Å². The summed E-state index contributed by atoms with van der Waals surface area (Å²) < 4.78 is 0. The number of nitrogen functional groups attached to an aromatic ring is 1. The summed E-state index contributed by atoms with van der Waals surface area (Å²) in [5.74, 6) is 0.286. The fraction of sp³-hybridized carbons (Fsp3) is 0.294. The van der Waals surface area contributed by atoms with Crippen LogP contribution in [0.5, 0.6) is 0 Å². The van der Waals surface area contributed by atoms with Gasteiger partial charge in [0.15, 0.2) is 0 Å². The second kappa shape index (κ2) is 6.88. The van der Waals surface area contributed by atoms with Crippen molar-refractivity contribution >= 4 is 11.6 Å². The lowest BCUT2D eigenvalue weighted by molar-refractivity contribution is -0.130. The number of nitrogens with zero attached hydrogens (tertiary/aromatic N) is 2. The van der Waals surface area contributed by atoms with E-state index in [1.165, 1.54) is 0 Å². The molecular formula is C17H21N3O. The largest absolute Gasteiger partial charge is 0.399 e. The van der Waals surface area contributed by atoms with Gasteiger partial charge in [-0.3, -0.25) is 9.78 Å². The van der Waals surface area contributed by atoms with Gasteiger partial charge in [-0.2, -0.15) is 0 Å². The lowest BCUT2D eigenvalue weighted by atomic mass is 9.97. The van der Waals surface area contributed by atoms with E-state index in [1.54, 1.807) is 11.1 Å². The van der Waals surface area contributed by atoms with Gasteiger partial charge in [-0.1, -0.05) is 25.1 Å². The first-order valence-electron chi connectivity index (χ1n) is 7.05. The Hall–Kier alpha value is -2.36. The third kappa shape index (κ3) is 4.31. The summed E-state index contributed by atoms with van der Waals surface area (Å²) in [7, 11) is 1.81. The molecule has 0 radical (unpaired) electrons. The third-order valence-corrected chi connectivity index (χ3v) is 3.54. The Morgan fingerprint density at radius 3 is 2.57 bits per heavy atom. The van der Waals surface area contributed by atoms with Crippen LogP contribution in [-0.2, 0) is 11.3 Å². The van der Waals surface area contributed by atoms with Crippen molar-refractivity contribution in [2.24, 2.45) is 0 Å². The lowest BCUT2D eigenvalue weighted by Crippen LogP contribution is -2.27. The van der Waals surface area contributed by atoms with Gasteiger partial charge in [-0.15, -0.1) is 0 Å². The maximum atomic E-state index is 12.3. The smallest absolute Gasteiger partial charge is 0.223 e. The second-order valence-electron chi connectivity index (χ2n) is 5.34. The highest BCUT2D eigenvalue weighted by molar-refractivity contribution is 5.76. The second-order valence-corrected chi connectivity index (χ2v) is 5.34. The van der Waals surface area contributed by atoms with Crippen molar-refractivity contribution in [2.45, 2.75) is 25.8 Å². The maximum Gasteiger partial charge on any atom is 0.223 e. The molecule has 4 nitrogen and oxygen atoms in total. The van der Waals surface area contributed by atoms with Crippen LogP contribution in [0.15, 0.2) is 48.7 Å². The van der Waals surface area contributed by atoms with Crippen LogP contribution in [-0.4, -0.2) is 22.8 Å². The molecule has 1 atom stereocenters. The van der Waals surface area contributed by atoms with E-state index >= 15 is 0 Å². The predicted molar refractivity (Wildman–Crippen MR) is 84.6 cm³/mol. The Morgan fingerprint density at radius 1 is 1.24 bits per heavy atom.